The van der Waals surface area contributed by atoms with Crippen LogP contribution in [0.15, 0.2) is 54.6 Å². The summed E-state index contributed by atoms with van der Waals surface area (Å²) in [5.74, 6) is 0.864. The van der Waals surface area contributed by atoms with E-state index < -0.39 is 0 Å². The van der Waals surface area contributed by atoms with Gasteiger partial charge in [0.2, 0.25) is 0 Å². The van der Waals surface area contributed by atoms with E-state index in [1.807, 2.05) is 61.6 Å². The molecule has 0 fully saturated rings. The molecule has 2 rings (SSSR count). The fourth-order valence-electron chi connectivity index (χ4n) is 2.01. The van der Waals surface area contributed by atoms with Gasteiger partial charge in [0.05, 0.1) is 6.61 Å². The summed E-state index contributed by atoms with van der Waals surface area (Å²) in [4.78, 5) is 0. The molecular weight excluding hydrogens is 250 g/mol. The first kappa shape index (κ1) is 14.6. The van der Waals surface area contributed by atoms with Crippen molar-refractivity contribution < 1.29 is 9.84 Å². The summed E-state index contributed by atoms with van der Waals surface area (Å²) in [7, 11) is 1.86. The quantitative estimate of drug-likeness (QED) is 0.812. The van der Waals surface area contributed by atoms with Gasteiger partial charge in [-0.25, -0.2) is 0 Å². The molecule has 0 aliphatic rings. The van der Waals surface area contributed by atoms with Crippen LogP contribution in [0.4, 0.5) is 0 Å². The normalized spacial score (nSPS) is 12.1. The lowest BCUT2D eigenvalue weighted by atomic mass is 10.1. The minimum atomic E-state index is 0.103. The summed E-state index contributed by atoms with van der Waals surface area (Å²) < 4.78 is 5.74. The van der Waals surface area contributed by atoms with Crippen molar-refractivity contribution in [3.05, 3.63) is 65.7 Å². The van der Waals surface area contributed by atoms with E-state index in [-0.39, 0.29) is 12.6 Å². The van der Waals surface area contributed by atoms with Crippen LogP contribution in [0.1, 0.15) is 11.1 Å². The Bertz CT molecular complexity index is 492. The fraction of sp³-hybridized carbons (Fsp3) is 0.294. The number of hydrogen-bond donors (Lipinski definition) is 2. The topological polar surface area (TPSA) is 41.5 Å². The molecule has 2 N–H and O–H groups in total. The molecule has 0 aliphatic heterocycles. The van der Waals surface area contributed by atoms with Gasteiger partial charge in [-0.1, -0.05) is 42.5 Å². The highest BCUT2D eigenvalue weighted by molar-refractivity contribution is 5.28. The number of benzene rings is 2. The number of nitrogens with one attached hydrogen (secondary N) is 1. The maximum absolute atomic E-state index is 9.17. The summed E-state index contributed by atoms with van der Waals surface area (Å²) in [5, 5.41) is 12.2. The van der Waals surface area contributed by atoms with Crippen LogP contribution in [0.25, 0.3) is 0 Å². The minimum Gasteiger partial charge on any atom is -0.489 e. The van der Waals surface area contributed by atoms with Crippen molar-refractivity contribution in [1.29, 1.82) is 0 Å². The second-order valence-corrected chi connectivity index (χ2v) is 4.79. The summed E-state index contributed by atoms with van der Waals surface area (Å²) in [6.45, 7) is 0.721. The summed E-state index contributed by atoms with van der Waals surface area (Å²) in [5.41, 5.74) is 2.34. The standard InChI is InChI=1S/C17H21NO2/c1-18-16(12-19)11-14-7-9-17(10-8-14)20-13-15-5-3-2-4-6-15/h2-10,16,18-19H,11-13H2,1H3/t16-/m0/s1. The molecule has 0 saturated carbocycles. The van der Waals surface area contributed by atoms with Crippen molar-refractivity contribution >= 4 is 0 Å². The Balaban J connectivity index is 1.88. The van der Waals surface area contributed by atoms with Gasteiger partial charge in [0, 0.05) is 6.04 Å². The SMILES string of the molecule is CN[C@H](CO)Cc1ccc(OCc2ccccc2)cc1. The number of hydrogen-bond acceptors (Lipinski definition) is 3. The highest BCUT2D eigenvalue weighted by atomic mass is 16.5. The molecule has 3 nitrogen and oxygen atoms in total. The summed E-state index contributed by atoms with van der Waals surface area (Å²) in [6, 6.07) is 18.2. The van der Waals surface area contributed by atoms with Crippen LogP contribution < -0.4 is 10.1 Å². The molecule has 0 amide bonds. The van der Waals surface area contributed by atoms with Crippen molar-refractivity contribution in [3.8, 4) is 5.75 Å². The Hall–Kier alpha value is -1.84. The first-order chi connectivity index (χ1) is 9.81. The van der Waals surface area contributed by atoms with Crippen LogP contribution in [0, 0.1) is 0 Å². The Morgan fingerprint density at radius 1 is 1.00 bits per heavy atom. The number of likely N-dealkylation sites (N-methyl/N-ethyl adjacent to an activating group) is 1. The molecule has 0 heterocycles. The third-order valence-corrected chi connectivity index (χ3v) is 3.28. The van der Waals surface area contributed by atoms with E-state index >= 15 is 0 Å². The van der Waals surface area contributed by atoms with Gasteiger partial charge in [0.15, 0.2) is 0 Å². The predicted octanol–water partition coefficient (Wildman–Crippen LogP) is 2.39. The van der Waals surface area contributed by atoms with Gasteiger partial charge in [-0.2, -0.15) is 0 Å². The zero-order valence-electron chi connectivity index (χ0n) is 11.8. The van der Waals surface area contributed by atoms with Crippen molar-refractivity contribution in [3.63, 3.8) is 0 Å². The van der Waals surface area contributed by atoms with E-state index in [4.69, 9.17) is 9.84 Å². The van der Waals surface area contributed by atoms with Gasteiger partial charge >= 0.3 is 0 Å². The van der Waals surface area contributed by atoms with Crippen LogP contribution in [0.2, 0.25) is 0 Å². The van der Waals surface area contributed by atoms with Gasteiger partial charge in [0.1, 0.15) is 12.4 Å². The summed E-state index contributed by atoms with van der Waals surface area (Å²) in [6.07, 6.45) is 0.811. The average Bonchev–Trinajstić information content (AvgIpc) is 2.53. The number of ether oxygens (including phenoxy) is 1. The van der Waals surface area contributed by atoms with Crippen molar-refractivity contribution in [2.75, 3.05) is 13.7 Å². The van der Waals surface area contributed by atoms with Gasteiger partial charge in [-0.15, -0.1) is 0 Å². The van der Waals surface area contributed by atoms with E-state index in [1.165, 1.54) is 5.56 Å². The Kier molecular flexibility index (Phi) is 5.59. The molecule has 0 aliphatic carbocycles. The third-order valence-electron chi connectivity index (χ3n) is 3.28. The van der Waals surface area contributed by atoms with Gasteiger partial charge < -0.3 is 15.2 Å². The predicted molar refractivity (Wildman–Crippen MR) is 80.9 cm³/mol. The van der Waals surface area contributed by atoms with Gasteiger partial charge in [-0.3, -0.25) is 0 Å². The summed E-state index contributed by atoms with van der Waals surface area (Å²) >= 11 is 0. The third kappa shape index (κ3) is 4.37. The molecular formula is C17H21NO2. The first-order valence-electron chi connectivity index (χ1n) is 6.85. The molecule has 2 aromatic rings. The van der Waals surface area contributed by atoms with Crippen molar-refractivity contribution in [2.45, 2.75) is 19.1 Å². The second kappa shape index (κ2) is 7.68. The molecule has 1 atom stereocenters. The second-order valence-electron chi connectivity index (χ2n) is 4.79. The number of aliphatic hydroxyl groups excluding tert-OH is 1. The fourth-order valence-corrected chi connectivity index (χ4v) is 2.01. The molecule has 0 bridgehead atoms. The molecule has 0 spiro atoms. The Labute approximate surface area is 120 Å². The Morgan fingerprint density at radius 2 is 1.70 bits per heavy atom. The molecule has 3 heteroatoms. The maximum Gasteiger partial charge on any atom is 0.119 e. The number of aliphatic hydroxyl groups is 1. The highest BCUT2D eigenvalue weighted by Gasteiger charge is 2.05. The average molecular weight is 271 g/mol. The molecule has 0 radical (unpaired) electrons. The van der Waals surface area contributed by atoms with Crippen LogP contribution in [0.5, 0.6) is 5.75 Å². The highest BCUT2D eigenvalue weighted by Crippen LogP contribution is 2.15. The van der Waals surface area contributed by atoms with E-state index in [9.17, 15) is 0 Å². The first-order valence-corrected chi connectivity index (χ1v) is 6.85. The smallest absolute Gasteiger partial charge is 0.119 e. The monoisotopic (exact) mass is 271 g/mol. The lowest BCUT2D eigenvalue weighted by Gasteiger charge is -2.13. The van der Waals surface area contributed by atoms with Gasteiger partial charge in [0.25, 0.3) is 0 Å². The van der Waals surface area contributed by atoms with Crippen LogP contribution in [-0.2, 0) is 13.0 Å². The van der Waals surface area contributed by atoms with Crippen LogP contribution >= 0.6 is 0 Å². The molecule has 0 saturated heterocycles. The molecule has 0 unspecified atom stereocenters. The van der Waals surface area contributed by atoms with E-state index in [2.05, 4.69) is 5.32 Å². The molecule has 106 valence electrons. The van der Waals surface area contributed by atoms with E-state index in [0.29, 0.717) is 6.61 Å². The van der Waals surface area contributed by atoms with Crippen molar-refractivity contribution in [2.24, 2.45) is 0 Å². The number of rotatable bonds is 7. The van der Waals surface area contributed by atoms with Crippen LogP contribution in [0.3, 0.4) is 0 Å². The van der Waals surface area contributed by atoms with Gasteiger partial charge in [-0.05, 0) is 36.7 Å². The van der Waals surface area contributed by atoms with Crippen molar-refractivity contribution in [1.82, 2.24) is 5.32 Å². The van der Waals surface area contributed by atoms with E-state index in [1.54, 1.807) is 0 Å². The molecule has 0 aromatic heterocycles. The lowest BCUT2D eigenvalue weighted by molar-refractivity contribution is 0.248. The minimum absolute atomic E-state index is 0.103. The molecule has 2 aromatic carbocycles. The van der Waals surface area contributed by atoms with E-state index in [0.717, 1.165) is 17.7 Å². The lowest BCUT2D eigenvalue weighted by Crippen LogP contribution is -2.31. The molecule has 20 heavy (non-hydrogen) atoms. The zero-order chi connectivity index (χ0) is 14.2. The maximum atomic E-state index is 9.17. The zero-order valence-corrected chi connectivity index (χ0v) is 11.8. The largest absolute Gasteiger partial charge is 0.489 e. The Morgan fingerprint density at radius 3 is 2.30 bits per heavy atom. The van der Waals surface area contributed by atoms with Crippen LogP contribution in [-0.4, -0.2) is 24.8 Å².